The summed E-state index contributed by atoms with van der Waals surface area (Å²) in [5.74, 6) is -0.993. The van der Waals surface area contributed by atoms with Crippen LogP contribution in [0.4, 0.5) is 23.7 Å². The Kier molecular flexibility index (Phi) is 6.35. The summed E-state index contributed by atoms with van der Waals surface area (Å²) in [6, 6.07) is 4.55. The van der Waals surface area contributed by atoms with Crippen LogP contribution < -0.4 is 10.6 Å². The highest BCUT2D eigenvalue weighted by Gasteiger charge is 2.30. The molecule has 0 bridgehead atoms. The van der Waals surface area contributed by atoms with E-state index < -0.39 is 29.3 Å². The molecule has 1 aromatic carbocycles. The number of hydrogen-bond donors (Lipinski definition) is 2. The zero-order valence-corrected chi connectivity index (χ0v) is 12.8. The minimum Gasteiger partial charge on any atom is -0.450 e. The van der Waals surface area contributed by atoms with Gasteiger partial charge in [-0.1, -0.05) is 0 Å². The summed E-state index contributed by atoms with van der Waals surface area (Å²) in [7, 11) is 0. The highest BCUT2D eigenvalue weighted by molar-refractivity contribution is 6.05. The number of alkyl halides is 3. The quantitative estimate of drug-likeness (QED) is 0.649. The van der Waals surface area contributed by atoms with E-state index in [0.717, 1.165) is 18.3 Å². The normalized spacial score (nSPS) is 11.4. The molecule has 6 nitrogen and oxygen atoms in total. The third-order valence-electron chi connectivity index (χ3n) is 2.78. The zero-order chi connectivity index (χ0) is 18.3. The number of hydrogen-bond acceptors (Lipinski definition) is 5. The molecule has 0 aromatic heterocycles. The van der Waals surface area contributed by atoms with Gasteiger partial charge in [-0.2, -0.15) is 18.4 Å². The van der Waals surface area contributed by atoms with E-state index in [0.29, 0.717) is 0 Å². The molecule has 2 N–H and O–H groups in total. The van der Waals surface area contributed by atoms with Crippen LogP contribution >= 0.6 is 0 Å². The number of nitriles is 1. The van der Waals surface area contributed by atoms with E-state index in [9.17, 15) is 22.8 Å². The molecule has 0 aliphatic rings. The Hall–Kier alpha value is -3.02. The number of nitrogens with one attached hydrogen (secondary N) is 2. The molecule has 0 fully saturated rings. The molecular weight excluding hydrogens is 327 g/mol. The average molecular weight is 341 g/mol. The molecule has 0 spiro atoms. The van der Waals surface area contributed by atoms with Crippen molar-refractivity contribution in [2.24, 2.45) is 0 Å². The molecule has 0 heterocycles. The van der Waals surface area contributed by atoms with Crippen molar-refractivity contribution in [1.82, 2.24) is 5.32 Å². The molecular formula is C15H14F3N3O3. The van der Waals surface area contributed by atoms with Gasteiger partial charge in [0.2, 0.25) is 0 Å². The van der Waals surface area contributed by atoms with Crippen LogP contribution in [-0.4, -0.2) is 18.6 Å². The maximum absolute atomic E-state index is 12.6. The van der Waals surface area contributed by atoms with Crippen LogP contribution in [0.25, 0.3) is 0 Å². The van der Waals surface area contributed by atoms with Crippen molar-refractivity contribution in [3.05, 3.63) is 41.1 Å². The smallest absolute Gasteiger partial charge is 0.416 e. The predicted molar refractivity (Wildman–Crippen MR) is 78.7 cm³/mol. The number of rotatable bonds is 4. The Morgan fingerprint density at radius 3 is 2.54 bits per heavy atom. The van der Waals surface area contributed by atoms with E-state index in [4.69, 9.17) is 5.26 Å². The number of amides is 2. The van der Waals surface area contributed by atoms with E-state index in [1.807, 2.05) is 5.32 Å². The van der Waals surface area contributed by atoms with Gasteiger partial charge in [0, 0.05) is 11.9 Å². The lowest BCUT2D eigenvalue weighted by molar-refractivity contribution is -0.137. The lowest BCUT2D eigenvalue weighted by Crippen LogP contribution is -2.32. The molecule has 0 radical (unpaired) electrons. The first-order valence-electron chi connectivity index (χ1n) is 6.71. The van der Waals surface area contributed by atoms with Gasteiger partial charge in [0.15, 0.2) is 0 Å². The largest absolute Gasteiger partial charge is 0.450 e. The molecule has 128 valence electrons. The number of nitrogens with zero attached hydrogens (tertiary/aromatic N) is 1. The molecule has 1 rings (SSSR count). The number of ether oxygens (including phenoxy) is 1. The Morgan fingerprint density at radius 1 is 1.38 bits per heavy atom. The van der Waals surface area contributed by atoms with E-state index in [2.05, 4.69) is 10.1 Å². The molecule has 0 aliphatic heterocycles. The fraction of sp³-hybridized carbons (Fsp3) is 0.267. The number of anilines is 1. The minimum atomic E-state index is -4.46. The third-order valence-corrected chi connectivity index (χ3v) is 2.78. The number of carbonyl (C=O) groups excluding carboxylic acids is 2. The summed E-state index contributed by atoms with van der Waals surface area (Å²) in [6.45, 7) is 3.03. The fourth-order valence-electron chi connectivity index (χ4n) is 1.63. The molecule has 0 saturated heterocycles. The molecule has 1 aromatic rings. The van der Waals surface area contributed by atoms with Crippen LogP contribution in [0.2, 0.25) is 0 Å². The summed E-state index contributed by atoms with van der Waals surface area (Å²) < 4.78 is 42.3. The van der Waals surface area contributed by atoms with Crippen molar-refractivity contribution in [2.75, 3.05) is 11.9 Å². The number of benzene rings is 1. The maximum Gasteiger partial charge on any atom is 0.416 e. The second kappa shape index (κ2) is 8.01. The van der Waals surface area contributed by atoms with E-state index in [1.54, 1.807) is 13.0 Å². The lowest BCUT2D eigenvalue weighted by Gasteiger charge is -2.11. The minimum absolute atomic E-state index is 0.0493. The highest BCUT2D eigenvalue weighted by Crippen LogP contribution is 2.31. The monoisotopic (exact) mass is 341 g/mol. The molecule has 24 heavy (non-hydrogen) atoms. The van der Waals surface area contributed by atoms with Gasteiger partial charge in [-0.05, 0) is 37.6 Å². The number of halogens is 3. The van der Waals surface area contributed by atoms with E-state index >= 15 is 0 Å². The van der Waals surface area contributed by atoms with Gasteiger partial charge in [0.05, 0.1) is 12.2 Å². The van der Waals surface area contributed by atoms with Gasteiger partial charge >= 0.3 is 12.3 Å². The molecule has 0 saturated carbocycles. The molecule has 0 aliphatic carbocycles. The molecule has 0 unspecified atom stereocenters. The predicted octanol–water partition coefficient (Wildman–Crippen LogP) is 3.11. The Labute approximate surface area is 135 Å². The Balaban J connectivity index is 2.88. The first kappa shape index (κ1) is 19.0. The fourth-order valence-corrected chi connectivity index (χ4v) is 1.63. The van der Waals surface area contributed by atoms with Crippen molar-refractivity contribution in [3.63, 3.8) is 0 Å². The van der Waals surface area contributed by atoms with Crippen molar-refractivity contribution in [3.8, 4) is 6.07 Å². The summed E-state index contributed by atoms with van der Waals surface area (Å²) in [5, 5.41) is 13.3. The van der Waals surface area contributed by atoms with Crippen LogP contribution in [0.5, 0.6) is 0 Å². The van der Waals surface area contributed by atoms with Crippen LogP contribution in [0, 0.1) is 18.3 Å². The van der Waals surface area contributed by atoms with Gasteiger partial charge in [0.25, 0.3) is 5.91 Å². The molecule has 0 atom stereocenters. The number of alkyl carbamates (subject to hydrolysis) is 1. The summed E-state index contributed by atoms with van der Waals surface area (Å²) >= 11 is 0. The highest BCUT2D eigenvalue weighted by atomic mass is 19.4. The third kappa shape index (κ3) is 5.31. The van der Waals surface area contributed by atoms with Crippen LogP contribution in [0.3, 0.4) is 0 Å². The van der Waals surface area contributed by atoms with Crippen LogP contribution in [-0.2, 0) is 15.7 Å². The summed E-state index contributed by atoms with van der Waals surface area (Å²) in [5.41, 5.74) is -0.707. The average Bonchev–Trinajstić information content (AvgIpc) is 2.48. The van der Waals surface area contributed by atoms with Gasteiger partial charge in [-0.25, -0.2) is 4.79 Å². The number of imide groups is 1. The second-order valence-electron chi connectivity index (χ2n) is 4.52. The second-order valence-corrected chi connectivity index (χ2v) is 4.52. The summed E-state index contributed by atoms with van der Waals surface area (Å²) in [4.78, 5) is 22.8. The Morgan fingerprint density at radius 2 is 2.04 bits per heavy atom. The Bertz CT molecular complexity index is 706. The van der Waals surface area contributed by atoms with Crippen molar-refractivity contribution in [2.45, 2.75) is 20.0 Å². The molecule has 9 heteroatoms. The van der Waals surface area contributed by atoms with Gasteiger partial charge in [-0.15, -0.1) is 0 Å². The van der Waals surface area contributed by atoms with Crippen LogP contribution in [0.1, 0.15) is 18.1 Å². The van der Waals surface area contributed by atoms with Gasteiger partial charge in [0.1, 0.15) is 11.6 Å². The first-order valence-corrected chi connectivity index (χ1v) is 6.71. The van der Waals surface area contributed by atoms with Gasteiger partial charge in [-0.3, -0.25) is 10.1 Å². The van der Waals surface area contributed by atoms with Crippen molar-refractivity contribution < 1.29 is 27.5 Å². The SMILES string of the molecule is CCOC(=O)NC(=O)/C(C#N)=C\Nc1ccc(C(F)(F)F)cc1C. The van der Waals surface area contributed by atoms with Crippen LogP contribution in [0.15, 0.2) is 30.0 Å². The zero-order valence-electron chi connectivity index (χ0n) is 12.8. The van der Waals surface area contributed by atoms with Crippen molar-refractivity contribution >= 4 is 17.7 Å². The number of aryl methyl sites for hydroxylation is 1. The van der Waals surface area contributed by atoms with Crippen molar-refractivity contribution in [1.29, 1.82) is 5.26 Å². The van der Waals surface area contributed by atoms with E-state index in [1.165, 1.54) is 13.0 Å². The number of carbonyl (C=O) groups is 2. The lowest BCUT2D eigenvalue weighted by atomic mass is 10.1. The maximum atomic E-state index is 12.6. The van der Waals surface area contributed by atoms with E-state index in [-0.39, 0.29) is 17.9 Å². The first-order chi connectivity index (χ1) is 11.2. The molecule has 2 amide bonds. The topological polar surface area (TPSA) is 91.2 Å². The standard InChI is InChI=1S/C15H14F3N3O3/c1-3-24-14(23)21-13(22)10(7-19)8-20-12-5-4-11(6-9(12)2)15(16,17)18/h4-6,8,20H,3H2,1-2H3,(H,21,22,23)/b10-8-. The van der Waals surface area contributed by atoms with Gasteiger partial charge < -0.3 is 10.1 Å². The summed E-state index contributed by atoms with van der Waals surface area (Å²) in [6.07, 6.45) is -4.48.